The van der Waals surface area contributed by atoms with Gasteiger partial charge in [0.1, 0.15) is 17.2 Å². The summed E-state index contributed by atoms with van der Waals surface area (Å²) in [6.07, 6.45) is 3.65. The van der Waals surface area contributed by atoms with E-state index in [1.54, 1.807) is 32.5 Å². The molecule has 2 heterocycles. The van der Waals surface area contributed by atoms with Crippen molar-refractivity contribution >= 4 is 17.5 Å². The fourth-order valence-electron chi connectivity index (χ4n) is 2.93. The van der Waals surface area contributed by atoms with Crippen LogP contribution in [0.25, 0.3) is 0 Å². The molecule has 2 aromatic rings. The van der Waals surface area contributed by atoms with Gasteiger partial charge in [-0.2, -0.15) is 0 Å². The molecule has 1 fully saturated rings. The number of rotatable bonds is 5. The average molecular weight is 356 g/mol. The quantitative estimate of drug-likeness (QED) is 0.887. The first-order chi connectivity index (χ1) is 12.6. The van der Waals surface area contributed by atoms with Gasteiger partial charge in [0.25, 0.3) is 5.91 Å². The first-order valence-corrected chi connectivity index (χ1v) is 8.72. The first kappa shape index (κ1) is 18.0. The fourth-order valence-corrected chi connectivity index (χ4v) is 2.93. The van der Waals surface area contributed by atoms with Gasteiger partial charge in [-0.25, -0.2) is 9.97 Å². The minimum absolute atomic E-state index is 0.0518. The predicted molar refractivity (Wildman–Crippen MR) is 99.2 cm³/mol. The fraction of sp³-hybridized carbons (Fsp3) is 0.421. The number of carbonyl (C=O) groups is 1. The molecule has 0 radical (unpaired) electrons. The van der Waals surface area contributed by atoms with Crippen molar-refractivity contribution in [1.82, 2.24) is 14.9 Å². The van der Waals surface area contributed by atoms with E-state index in [0.29, 0.717) is 34.7 Å². The minimum Gasteiger partial charge on any atom is -0.497 e. The van der Waals surface area contributed by atoms with E-state index in [1.165, 1.54) is 0 Å². The molecule has 1 saturated heterocycles. The SMILES string of the molecule is COc1ccc(Nc2nccc(C(=O)N3CCC(C)CC3)n2)c(OC)c1. The Labute approximate surface area is 153 Å². The highest BCUT2D eigenvalue weighted by atomic mass is 16.5. The molecule has 1 aliphatic heterocycles. The summed E-state index contributed by atoms with van der Waals surface area (Å²) in [7, 11) is 3.18. The predicted octanol–water partition coefficient (Wildman–Crippen LogP) is 3.11. The van der Waals surface area contributed by atoms with Crippen LogP contribution in [0.3, 0.4) is 0 Å². The van der Waals surface area contributed by atoms with Gasteiger partial charge >= 0.3 is 0 Å². The Balaban J connectivity index is 1.76. The third kappa shape index (κ3) is 4.04. The number of hydrogen-bond donors (Lipinski definition) is 1. The molecule has 7 heteroatoms. The molecule has 0 unspecified atom stereocenters. The third-order valence-corrected chi connectivity index (χ3v) is 4.60. The summed E-state index contributed by atoms with van der Waals surface area (Å²) in [5, 5.41) is 3.11. The second-order valence-electron chi connectivity index (χ2n) is 6.43. The summed E-state index contributed by atoms with van der Waals surface area (Å²) >= 11 is 0. The number of anilines is 2. The normalized spacial score (nSPS) is 14.8. The van der Waals surface area contributed by atoms with E-state index in [4.69, 9.17) is 9.47 Å². The lowest BCUT2D eigenvalue weighted by molar-refractivity contribution is 0.0691. The van der Waals surface area contributed by atoms with E-state index in [2.05, 4.69) is 22.2 Å². The molecule has 0 atom stereocenters. The van der Waals surface area contributed by atoms with Gasteiger partial charge in [-0.05, 0) is 37.0 Å². The van der Waals surface area contributed by atoms with Gasteiger partial charge in [-0.1, -0.05) is 6.92 Å². The highest BCUT2D eigenvalue weighted by Gasteiger charge is 2.22. The maximum absolute atomic E-state index is 12.7. The molecule has 7 nitrogen and oxygen atoms in total. The second kappa shape index (κ2) is 8.03. The van der Waals surface area contributed by atoms with E-state index in [-0.39, 0.29) is 5.91 Å². The van der Waals surface area contributed by atoms with Gasteiger partial charge < -0.3 is 19.7 Å². The monoisotopic (exact) mass is 356 g/mol. The van der Waals surface area contributed by atoms with E-state index in [0.717, 1.165) is 25.9 Å². The van der Waals surface area contributed by atoms with Crippen molar-refractivity contribution in [2.75, 3.05) is 32.6 Å². The van der Waals surface area contributed by atoms with Gasteiger partial charge in [-0.3, -0.25) is 4.79 Å². The van der Waals surface area contributed by atoms with Crippen LogP contribution in [0.4, 0.5) is 11.6 Å². The van der Waals surface area contributed by atoms with Crippen LogP contribution in [0.1, 0.15) is 30.3 Å². The number of nitrogens with zero attached hydrogens (tertiary/aromatic N) is 3. The molecule has 0 aliphatic carbocycles. The lowest BCUT2D eigenvalue weighted by Gasteiger charge is -2.30. The van der Waals surface area contributed by atoms with Crippen LogP contribution in [0.2, 0.25) is 0 Å². The number of ether oxygens (including phenoxy) is 2. The molecular formula is C19H24N4O3. The number of methoxy groups -OCH3 is 2. The Morgan fingerprint density at radius 1 is 1.19 bits per heavy atom. The molecule has 1 N–H and O–H groups in total. The Morgan fingerprint density at radius 3 is 2.65 bits per heavy atom. The number of piperidine rings is 1. The van der Waals surface area contributed by atoms with Crippen molar-refractivity contribution in [2.45, 2.75) is 19.8 Å². The topological polar surface area (TPSA) is 76.6 Å². The van der Waals surface area contributed by atoms with Crippen LogP contribution < -0.4 is 14.8 Å². The maximum Gasteiger partial charge on any atom is 0.272 e. The lowest BCUT2D eigenvalue weighted by atomic mass is 9.99. The number of benzene rings is 1. The highest BCUT2D eigenvalue weighted by Crippen LogP contribution is 2.30. The zero-order chi connectivity index (χ0) is 18.5. The van der Waals surface area contributed by atoms with Gasteiger partial charge in [-0.15, -0.1) is 0 Å². The van der Waals surface area contributed by atoms with Crippen molar-refractivity contribution in [1.29, 1.82) is 0 Å². The lowest BCUT2D eigenvalue weighted by Crippen LogP contribution is -2.38. The standard InChI is InChI=1S/C19H24N4O3/c1-13-7-10-23(11-8-13)18(24)16-6-9-20-19(22-16)21-15-5-4-14(25-2)12-17(15)26-3/h4-6,9,12-13H,7-8,10-11H2,1-3H3,(H,20,21,22). The summed E-state index contributed by atoms with van der Waals surface area (Å²) in [6, 6.07) is 7.05. The molecule has 0 saturated carbocycles. The molecule has 26 heavy (non-hydrogen) atoms. The van der Waals surface area contributed by atoms with Crippen LogP contribution in [-0.4, -0.2) is 48.1 Å². The van der Waals surface area contributed by atoms with E-state index in [9.17, 15) is 4.79 Å². The van der Waals surface area contributed by atoms with Crippen molar-refractivity contribution in [3.63, 3.8) is 0 Å². The van der Waals surface area contributed by atoms with Crippen molar-refractivity contribution in [3.05, 3.63) is 36.2 Å². The number of amides is 1. The van der Waals surface area contributed by atoms with Gasteiger partial charge in [0.15, 0.2) is 0 Å². The molecule has 0 spiro atoms. The van der Waals surface area contributed by atoms with E-state index >= 15 is 0 Å². The summed E-state index contributed by atoms with van der Waals surface area (Å²) in [5.74, 6) is 2.27. The number of hydrogen-bond acceptors (Lipinski definition) is 6. The molecule has 1 aromatic carbocycles. The average Bonchev–Trinajstić information content (AvgIpc) is 2.68. The maximum atomic E-state index is 12.7. The van der Waals surface area contributed by atoms with Crippen molar-refractivity contribution in [3.8, 4) is 11.5 Å². The molecule has 1 aromatic heterocycles. The molecule has 3 rings (SSSR count). The smallest absolute Gasteiger partial charge is 0.272 e. The minimum atomic E-state index is -0.0518. The summed E-state index contributed by atoms with van der Waals surface area (Å²) in [6.45, 7) is 3.77. The molecular weight excluding hydrogens is 332 g/mol. The third-order valence-electron chi connectivity index (χ3n) is 4.60. The van der Waals surface area contributed by atoms with Crippen LogP contribution >= 0.6 is 0 Å². The molecule has 1 aliphatic rings. The number of carbonyl (C=O) groups excluding carboxylic acids is 1. The molecule has 1 amide bonds. The second-order valence-corrected chi connectivity index (χ2v) is 6.43. The summed E-state index contributed by atoms with van der Waals surface area (Å²) in [5.41, 5.74) is 1.09. The van der Waals surface area contributed by atoms with Crippen LogP contribution in [0, 0.1) is 5.92 Å². The largest absolute Gasteiger partial charge is 0.497 e. The van der Waals surface area contributed by atoms with Crippen LogP contribution in [-0.2, 0) is 0 Å². The highest BCUT2D eigenvalue weighted by molar-refractivity contribution is 5.92. The number of aromatic nitrogens is 2. The van der Waals surface area contributed by atoms with E-state index < -0.39 is 0 Å². The first-order valence-electron chi connectivity index (χ1n) is 8.72. The van der Waals surface area contributed by atoms with Crippen LogP contribution in [0.5, 0.6) is 11.5 Å². The van der Waals surface area contributed by atoms with Gasteiger partial charge in [0, 0.05) is 25.4 Å². The Kier molecular flexibility index (Phi) is 5.55. The van der Waals surface area contributed by atoms with Gasteiger partial charge in [0.05, 0.1) is 19.9 Å². The number of likely N-dealkylation sites (tertiary alicyclic amines) is 1. The summed E-state index contributed by atoms with van der Waals surface area (Å²) in [4.78, 5) is 23.1. The van der Waals surface area contributed by atoms with Crippen molar-refractivity contribution in [2.24, 2.45) is 5.92 Å². The summed E-state index contributed by atoms with van der Waals surface area (Å²) < 4.78 is 10.6. The Hall–Kier alpha value is -2.83. The molecule has 0 bridgehead atoms. The van der Waals surface area contributed by atoms with Gasteiger partial charge in [0.2, 0.25) is 5.95 Å². The van der Waals surface area contributed by atoms with E-state index in [1.807, 2.05) is 17.0 Å². The molecule has 138 valence electrons. The Morgan fingerprint density at radius 2 is 1.96 bits per heavy atom. The zero-order valence-electron chi connectivity index (χ0n) is 15.4. The van der Waals surface area contributed by atoms with Crippen LogP contribution in [0.15, 0.2) is 30.5 Å². The Bertz CT molecular complexity index is 773. The zero-order valence-corrected chi connectivity index (χ0v) is 15.4. The number of nitrogens with one attached hydrogen (secondary N) is 1. The van der Waals surface area contributed by atoms with Crippen molar-refractivity contribution < 1.29 is 14.3 Å².